The molecule has 8 nitrogen and oxygen atoms in total. The van der Waals surface area contributed by atoms with Gasteiger partial charge in [-0.1, -0.05) is 43.3 Å². The number of para-hydroxylation sites is 1. The van der Waals surface area contributed by atoms with Crippen molar-refractivity contribution >= 4 is 34.5 Å². The number of nitro groups is 1. The van der Waals surface area contributed by atoms with E-state index in [0.29, 0.717) is 6.42 Å². The van der Waals surface area contributed by atoms with Crippen molar-refractivity contribution in [2.45, 2.75) is 45.3 Å². The highest BCUT2D eigenvalue weighted by Crippen LogP contribution is 2.50. The predicted molar refractivity (Wildman–Crippen MR) is 126 cm³/mol. The first-order valence-corrected chi connectivity index (χ1v) is 11.5. The van der Waals surface area contributed by atoms with Crippen LogP contribution in [-0.4, -0.2) is 45.5 Å². The number of nitro benzene ring substituents is 1. The van der Waals surface area contributed by atoms with E-state index in [4.69, 9.17) is 0 Å². The summed E-state index contributed by atoms with van der Waals surface area (Å²) in [6.07, 6.45) is 2.60. The molecule has 0 N–H and O–H groups in total. The fourth-order valence-electron chi connectivity index (χ4n) is 5.68. The molecule has 34 heavy (non-hydrogen) atoms. The summed E-state index contributed by atoms with van der Waals surface area (Å²) in [6, 6.07) is 11.5. The zero-order chi connectivity index (χ0) is 24.3. The number of ketones is 1. The van der Waals surface area contributed by atoms with Crippen LogP contribution in [-0.2, 0) is 9.59 Å². The Hall–Kier alpha value is -3.81. The van der Waals surface area contributed by atoms with Crippen LogP contribution in [0.2, 0.25) is 0 Å². The minimum Gasteiger partial charge on any atom is -0.352 e. The summed E-state index contributed by atoms with van der Waals surface area (Å²) < 4.78 is 0. The van der Waals surface area contributed by atoms with Crippen LogP contribution >= 0.6 is 0 Å². The summed E-state index contributed by atoms with van der Waals surface area (Å²) in [4.78, 5) is 55.2. The van der Waals surface area contributed by atoms with E-state index in [1.165, 1.54) is 29.2 Å². The molecule has 3 heterocycles. The smallest absolute Gasteiger partial charge is 0.270 e. The number of fused-ring (bicyclic) bond motifs is 5. The highest BCUT2D eigenvalue weighted by atomic mass is 16.6. The first kappa shape index (κ1) is 22.0. The highest BCUT2D eigenvalue weighted by molar-refractivity contribution is 6.14. The van der Waals surface area contributed by atoms with Crippen LogP contribution in [0.4, 0.5) is 11.4 Å². The van der Waals surface area contributed by atoms with Gasteiger partial charge in [0.05, 0.1) is 22.8 Å². The average Bonchev–Trinajstić information content (AvgIpc) is 3.31. The van der Waals surface area contributed by atoms with Crippen LogP contribution in [0.15, 0.2) is 54.6 Å². The second kappa shape index (κ2) is 7.90. The Morgan fingerprint density at radius 1 is 1.09 bits per heavy atom. The third-order valence-electron chi connectivity index (χ3n) is 7.43. The molecule has 5 atom stereocenters. The van der Waals surface area contributed by atoms with Crippen molar-refractivity contribution in [2.75, 3.05) is 4.90 Å². The van der Waals surface area contributed by atoms with Crippen molar-refractivity contribution in [3.63, 3.8) is 0 Å². The third-order valence-corrected chi connectivity index (χ3v) is 7.43. The van der Waals surface area contributed by atoms with Crippen LogP contribution in [0.3, 0.4) is 0 Å². The Morgan fingerprint density at radius 2 is 1.79 bits per heavy atom. The summed E-state index contributed by atoms with van der Waals surface area (Å²) in [5.41, 5.74) is 2.68. The van der Waals surface area contributed by atoms with Crippen molar-refractivity contribution in [3.05, 3.63) is 75.8 Å². The third kappa shape index (κ3) is 3.01. The number of Topliss-reactive ketones (excluding diaryl/α,β-unsaturated/α-hetero) is 1. The maximum absolute atomic E-state index is 13.9. The monoisotopic (exact) mass is 459 g/mol. The zero-order valence-corrected chi connectivity index (χ0v) is 19.2. The molecule has 8 heteroatoms. The van der Waals surface area contributed by atoms with E-state index < -0.39 is 34.6 Å². The molecule has 2 saturated heterocycles. The number of likely N-dealkylation sites (tertiary alicyclic amines) is 1. The van der Waals surface area contributed by atoms with E-state index in [1.807, 2.05) is 56.0 Å². The van der Waals surface area contributed by atoms with Gasteiger partial charge < -0.3 is 4.90 Å². The average molecular weight is 460 g/mol. The standard InChI is InChI=1S/C26H25N3O5/c1-4-15(3)27-25(31)21-20-12-14(2)18-10-5-6-11-19(18)28(20)23(22(21)26(27)32)24(30)16-8-7-9-17(13-16)29(33)34/h5-13,15,20-23H,4H2,1-3H3/t15-,20-,21+,22-,23-/m1/s1. The fraction of sp³-hybridized carbons (Fsp3) is 0.346. The number of carbonyl (C=O) groups excluding carboxylic acids is 3. The molecule has 2 amide bonds. The number of allylic oxidation sites excluding steroid dienone is 1. The lowest BCUT2D eigenvalue weighted by Gasteiger charge is -2.38. The molecule has 5 rings (SSSR count). The van der Waals surface area contributed by atoms with Gasteiger partial charge in [-0.2, -0.15) is 0 Å². The minimum atomic E-state index is -0.937. The second-order valence-corrected chi connectivity index (χ2v) is 9.24. The highest BCUT2D eigenvalue weighted by Gasteiger charge is 2.64. The van der Waals surface area contributed by atoms with E-state index in [-0.39, 0.29) is 29.1 Å². The molecule has 2 fully saturated rings. The molecule has 174 valence electrons. The van der Waals surface area contributed by atoms with Gasteiger partial charge in [0.1, 0.15) is 6.04 Å². The van der Waals surface area contributed by atoms with Gasteiger partial charge in [0.15, 0.2) is 5.78 Å². The van der Waals surface area contributed by atoms with Gasteiger partial charge in [0, 0.05) is 35.0 Å². The van der Waals surface area contributed by atoms with Crippen molar-refractivity contribution in [1.29, 1.82) is 0 Å². The number of nitrogens with zero attached hydrogens (tertiary/aromatic N) is 3. The fourth-order valence-corrected chi connectivity index (χ4v) is 5.68. The van der Waals surface area contributed by atoms with Gasteiger partial charge in [0.25, 0.3) is 5.69 Å². The number of rotatable bonds is 5. The SMILES string of the molecule is CC[C@@H](C)N1C(=O)[C@@H]2[C@@H](C1=O)[C@H](C(=O)c1cccc([N+](=O)[O-])c1)N1c3ccccc3C(C)=C[C@H]21. The Balaban J connectivity index is 1.68. The molecule has 0 aliphatic carbocycles. The van der Waals surface area contributed by atoms with E-state index in [0.717, 1.165) is 16.8 Å². The van der Waals surface area contributed by atoms with Crippen LogP contribution < -0.4 is 4.90 Å². The summed E-state index contributed by atoms with van der Waals surface area (Å²) >= 11 is 0. The first-order chi connectivity index (χ1) is 16.3. The molecule has 2 aromatic carbocycles. The molecule has 0 bridgehead atoms. The van der Waals surface area contributed by atoms with Gasteiger partial charge in [-0.15, -0.1) is 0 Å². The predicted octanol–water partition coefficient (Wildman–Crippen LogP) is 3.85. The Morgan fingerprint density at radius 3 is 2.50 bits per heavy atom. The molecule has 2 aromatic rings. The van der Waals surface area contributed by atoms with Gasteiger partial charge in [-0.3, -0.25) is 29.4 Å². The van der Waals surface area contributed by atoms with Crippen LogP contribution in [0, 0.1) is 22.0 Å². The summed E-state index contributed by atoms with van der Waals surface area (Å²) in [7, 11) is 0. The maximum Gasteiger partial charge on any atom is 0.270 e. The Bertz CT molecular complexity index is 1270. The summed E-state index contributed by atoms with van der Waals surface area (Å²) in [6.45, 7) is 5.72. The van der Waals surface area contributed by atoms with Gasteiger partial charge in [-0.05, 0) is 31.9 Å². The first-order valence-electron chi connectivity index (χ1n) is 11.5. The van der Waals surface area contributed by atoms with Gasteiger partial charge >= 0.3 is 0 Å². The van der Waals surface area contributed by atoms with Crippen molar-refractivity contribution < 1.29 is 19.3 Å². The maximum atomic E-state index is 13.9. The quantitative estimate of drug-likeness (QED) is 0.291. The molecule has 0 radical (unpaired) electrons. The van der Waals surface area contributed by atoms with E-state index >= 15 is 0 Å². The number of imide groups is 1. The number of amides is 2. The topological polar surface area (TPSA) is 101 Å². The van der Waals surface area contributed by atoms with Crippen LogP contribution in [0.25, 0.3) is 5.57 Å². The molecule has 3 aliphatic rings. The number of hydrogen-bond donors (Lipinski definition) is 0. The largest absolute Gasteiger partial charge is 0.352 e. The lowest BCUT2D eigenvalue weighted by atomic mass is 9.85. The molecular formula is C26H25N3O5. The Labute approximate surface area is 197 Å². The molecule has 0 aromatic heterocycles. The zero-order valence-electron chi connectivity index (χ0n) is 19.2. The lowest BCUT2D eigenvalue weighted by molar-refractivity contribution is -0.384. The van der Waals surface area contributed by atoms with Gasteiger partial charge in [-0.25, -0.2) is 0 Å². The van der Waals surface area contributed by atoms with Gasteiger partial charge in [0.2, 0.25) is 11.8 Å². The van der Waals surface area contributed by atoms with E-state index in [9.17, 15) is 24.5 Å². The number of hydrogen-bond acceptors (Lipinski definition) is 6. The van der Waals surface area contributed by atoms with E-state index in [2.05, 4.69) is 0 Å². The molecule has 0 saturated carbocycles. The van der Waals surface area contributed by atoms with Crippen LogP contribution in [0.5, 0.6) is 0 Å². The van der Waals surface area contributed by atoms with E-state index in [1.54, 1.807) is 0 Å². The number of carbonyl (C=O) groups is 3. The van der Waals surface area contributed by atoms with Crippen molar-refractivity contribution in [1.82, 2.24) is 4.90 Å². The summed E-state index contributed by atoms with van der Waals surface area (Å²) in [5.74, 6) is -2.52. The Kier molecular flexibility index (Phi) is 5.11. The van der Waals surface area contributed by atoms with Crippen LogP contribution in [0.1, 0.15) is 43.1 Å². The van der Waals surface area contributed by atoms with Crippen molar-refractivity contribution in [3.8, 4) is 0 Å². The number of anilines is 1. The normalized spacial score (nSPS) is 26.0. The second-order valence-electron chi connectivity index (χ2n) is 9.24. The lowest BCUT2D eigenvalue weighted by Crippen LogP contribution is -2.50. The molecule has 0 spiro atoms. The molecular weight excluding hydrogens is 434 g/mol. The number of benzene rings is 2. The summed E-state index contributed by atoms with van der Waals surface area (Å²) in [5, 5.41) is 11.3. The molecule has 3 aliphatic heterocycles. The van der Waals surface area contributed by atoms with Crippen molar-refractivity contribution in [2.24, 2.45) is 11.8 Å². The minimum absolute atomic E-state index is 0.157. The number of non-ortho nitro benzene ring substituents is 1. The molecule has 0 unspecified atom stereocenters.